The average molecular weight is 352 g/mol. The monoisotopic (exact) mass is 352 g/mol. The van der Waals surface area contributed by atoms with Gasteiger partial charge in [-0.3, -0.25) is 4.79 Å². The van der Waals surface area contributed by atoms with Gasteiger partial charge in [0.2, 0.25) is 0 Å². The molecule has 2 rings (SSSR count). The SMILES string of the molecule is C/C=C/Cc1cc(/C=C/C(=O)c2ccc(O)cc2)c(OCCC)cc1O. The molecular formula is C22H24O4. The molecular weight excluding hydrogens is 328 g/mol. The Kier molecular flexibility index (Phi) is 7.03. The minimum absolute atomic E-state index is 0.118. The van der Waals surface area contributed by atoms with Crippen molar-refractivity contribution in [2.45, 2.75) is 26.7 Å². The summed E-state index contributed by atoms with van der Waals surface area (Å²) in [6, 6.07) is 9.54. The first kappa shape index (κ1) is 19.3. The van der Waals surface area contributed by atoms with Crippen molar-refractivity contribution >= 4 is 11.9 Å². The molecule has 2 aromatic rings. The van der Waals surface area contributed by atoms with Crippen LogP contribution in [0.3, 0.4) is 0 Å². The molecule has 26 heavy (non-hydrogen) atoms. The summed E-state index contributed by atoms with van der Waals surface area (Å²) in [6.45, 7) is 4.46. The van der Waals surface area contributed by atoms with Gasteiger partial charge in [-0.1, -0.05) is 19.1 Å². The van der Waals surface area contributed by atoms with E-state index in [4.69, 9.17) is 4.74 Å². The highest BCUT2D eigenvalue weighted by Gasteiger charge is 2.09. The standard InChI is InChI=1S/C22H24O4/c1-3-5-6-17-14-18(22(15-21(17)25)26-13-4-2)9-12-20(24)16-7-10-19(23)11-8-16/h3,5,7-12,14-15,23,25H,4,6,13H2,1-2H3/b5-3+,12-9+. The Hall–Kier alpha value is -3.01. The molecule has 2 N–H and O–H groups in total. The van der Waals surface area contributed by atoms with E-state index in [0.29, 0.717) is 24.3 Å². The molecule has 0 amide bonds. The van der Waals surface area contributed by atoms with Crippen LogP contribution in [0.1, 0.15) is 41.8 Å². The van der Waals surface area contributed by atoms with Gasteiger partial charge in [0.25, 0.3) is 0 Å². The molecule has 0 heterocycles. The van der Waals surface area contributed by atoms with Crippen LogP contribution in [0, 0.1) is 0 Å². The Bertz CT molecular complexity index is 802. The van der Waals surface area contributed by atoms with Crippen molar-refractivity contribution in [2.24, 2.45) is 0 Å². The van der Waals surface area contributed by atoms with E-state index in [-0.39, 0.29) is 17.3 Å². The zero-order chi connectivity index (χ0) is 18.9. The molecule has 0 aliphatic carbocycles. The van der Waals surface area contributed by atoms with Gasteiger partial charge in [-0.05, 0) is 67.8 Å². The third-order valence-corrected chi connectivity index (χ3v) is 3.81. The van der Waals surface area contributed by atoms with E-state index in [1.807, 2.05) is 32.1 Å². The van der Waals surface area contributed by atoms with E-state index in [0.717, 1.165) is 17.5 Å². The molecule has 0 saturated heterocycles. The number of carbonyl (C=O) groups excluding carboxylic acids is 1. The zero-order valence-corrected chi connectivity index (χ0v) is 15.1. The van der Waals surface area contributed by atoms with Crippen LogP contribution in [-0.4, -0.2) is 22.6 Å². The average Bonchev–Trinajstić information content (AvgIpc) is 2.64. The van der Waals surface area contributed by atoms with Crippen molar-refractivity contribution in [1.29, 1.82) is 0 Å². The highest BCUT2D eigenvalue weighted by molar-refractivity contribution is 6.07. The molecule has 0 aromatic heterocycles. The Labute approximate surface area is 154 Å². The van der Waals surface area contributed by atoms with Crippen LogP contribution in [0.5, 0.6) is 17.2 Å². The number of benzene rings is 2. The van der Waals surface area contributed by atoms with E-state index in [9.17, 15) is 15.0 Å². The van der Waals surface area contributed by atoms with Crippen molar-refractivity contribution in [3.05, 3.63) is 71.3 Å². The first-order valence-electron chi connectivity index (χ1n) is 8.66. The summed E-state index contributed by atoms with van der Waals surface area (Å²) in [5.41, 5.74) is 1.99. The number of phenolic OH excluding ortho intramolecular Hbond substituents is 2. The normalized spacial score (nSPS) is 11.3. The first-order chi connectivity index (χ1) is 12.5. The van der Waals surface area contributed by atoms with Crippen molar-refractivity contribution in [1.82, 2.24) is 0 Å². The number of allylic oxidation sites excluding steroid dienone is 3. The lowest BCUT2D eigenvalue weighted by Gasteiger charge is -2.12. The molecule has 0 saturated carbocycles. The molecule has 136 valence electrons. The molecule has 0 aliphatic heterocycles. The van der Waals surface area contributed by atoms with Gasteiger partial charge in [-0.15, -0.1) is 0 Å². The number of hydrogen-bond donors (Lipinski definition) is 2. The Morgan fingerprint density at radius 2 is 1.88 bits per heavy atom. The van der Waals surface area contributed by atoms with Crippen molar-refractivity contribution < 1.29 is 19.7 Å². The van der Waals surface area contributed by atoms with Gasteiger partial charge in [0.1, 0.15) is 17.2 Å². The van der Waals surface area contributed by atoms with Gasteiger partial charge in [-0.25, -0.2) is 0 Å². The van der Waals surface area contributed by atoms with Gasteiger partial charge in [0.05, 0.1) is 6.61 Å². The summed E-state index contributed by atoms with van der Waals surface area (Å²) in [4.78, 5) is 12.3. The van der Waals surface area contributed by atoms with Gasteiger partial charge in [-0.2, -0.15) is 0 Å². The van der Waals surface area contributed by atoms with E-state index in [2.05, 4.69) is 0 Å². The second kappa shape index (κ2) is 9.47. The molecule has 2 aromatic carbocycles. The van der Waals surface area contributed by atoms with Crippen LogP contribution in [-0.2, 0) is 6.42 Å². The van der Waals surface area contributed by atoms with Crippen LogP contribution in [0.15, 0.2) is 54.6 Å². The lowest BCUT2D eigenvalue weighted by molar-refractivity contribution is 0.104. The van der Waals surface area contributed by atoms with Crippen LogP contribution in [0.4, 0.5) is 0 Å². The van der Waals surface area contributed by atoms with E-state index >= 15 is 0 Å². The highest BCUT2D eigenvalue weighted by Crippen LogP contribution is 2.30. The third kappa shape index (κ3) is 5.24. The molecule has 0 atom stereocenters. The predicted molar refractivity (Wildman–Crippen MR) is 104 cm³/mol. The summed E-state index contributed by atoms with van der Waals surface area (Å²) in [6.07, 6.45) is 8.48. The first-order valence-corrected chi connectivity index (χ1v) is 8.66. The molecule has 0 aliphatic rings. The zero-order valence-electron chi connectivity index (χ0n) is 15.1. The lowest BCUT2D eigenvalue weighted by atomic mass is 10.0. The van der Waals surface area contributed by atoms with Gasteiger partial charge in [0.15, 0.2) is 5.78 Å². The van der Waals surface area contributed by atoms with Crippen molar-refractivity contribution in [2.75, 3.05) is 6.61 Å². The predicted octanol–water partition coefficient (Wildman–Crippen LogP) is 4.90. The van der Waals surface area contributed by atoms with Gasteiger partial charge in [0, 0.05) is 17.2 Å². The highest BCUT2D eigenvalue weighted by atomic mass is 16.5. The Balaban J connectivity index is 2.31. The second-order valence-electron chi connectivity index (χ2n) is 5.88. The fourth-order valence-corrected chi connectivity index (χ4v) is 2.40. The van der Waals surface area contributed by atoms with E-state index in [1.54, 1.807) is 24.3 Å². The summed E-state index contributed by atoms with van der Waals surface area (Å²) in [5, 5.41) is 19.5. The molecule has 0 unspecified atom stereocenters. The molecule has 0 bridgehead atoms. The number of carbonyl (C=O) groups is 1. The minimum atomic E-state index is -0.172. The van der Waals surface area contributed by atoms with Gasteiger partial charge < -0.3 is 14.9 Å². The minimum Gasteiger partial charge on any atom is -0.508 e. The van der Waals surface area contributed by atoms with Gasteiger partial charge >= 0.3 is 0 Å². The fraction of sp³-hybridized carbons (Fsp3) is 0.227. The van der Waals surface area contributed by atoms with E-state index < -0.39 is 0 Å². The van der Waals surface area contributed by atoms with Crippen LogP contribution in [0.25, 0.3) is 6.08 Å². The lowest BCUT2D eigenvalue weighted by Crippen LogP contribution is -1.99. The summed E-state index contributed by atoms with van der Waals surface area (Å²) < 4.78 is 5.71. The van der Waals surface area contributed by atoms with Crippen LogP contribution < -0.4 is 4.74 Å². The molecule has 4 heteroatoms. The number of aromatic hydroxyl groups is 2. The molecule has 0 fully saturated rings. The maximum atomic E-state index is 12.3. The van der Waals surface area contributed by atoms with Crippen molar-refractivity contribution in [3.63, 3.8) is 0 Å². The smallest absolute Gasteiger partial charge is 0.185 e. The van der Waals surface area contributed by atoms with Crippen LogP contribution >= 0.6 is 0 Å². The number of phenols is 2. The van der Waals surface area contributed by atoms with Crippen LogP contribution in [0.2, 0.25) is 0 Å². The third-order valence-electron chi connectivity index (χ3n) is 3.81. The Morgan fingerprint density at radius 3 is 2.54 bits per heavy atom. The largest absolute Gasteiger partial charge is 0.508 e. The van der Waals surface area contributed by atoms with E-state index in [1.165, 1.54) is 18.2 Å². The molecule has 0 radical (unpaired) electrons. The quantitative estimate of drug-likeness (QED) is 0.403. The fourth-order valence-electron chi connectivity index (χ4n) is 2.40. The number of hydrogen-bond acceptors (Lipinski definition) is 4. The molecule has 4 nitrogen and oxygen atoms in total. The summed E-state index contributed by atoms with van der Waals surface area (Å²) in [5.74, 6) is 0.669. The maximum Gasteiger partial charge on any atom is 0.185 e. The maximum absolute atomic E-state index is 12.3. The number of rotatable bonds is 8. The summed E-state index contributed by atoms with van der Waals surface area (Å²) >= 11 is 0. The number of ketones is 1. The summed E-state index contributed by atoms with van der Waals surface area (Å²) in [7, 11) is 0. The number of ether oxygens (including phenoxy) is 1. The topological polar surface area (TPSA) is 66.8 Å². The second-order valence-corrected chi connectivity index (χ2v) is 5.88. The van der Waals surface area contributed by atoms with Crippen molar-refractivity contribution in [3.8, 4) is 17.2 Å². The molecule has 0 spiro atoms. The Morgan fingerprint density at radius 1 is 1.15 bits per heavy atom.